The van der Waals surface area contributed by atoms with Gasteiger partial charge in [0, 0.05) is 31.9 Å². The monoisotopic (exact) mass is 245 g/mol. The molecule has 1 N–H and O–H groups in total. The summed E-state index contributed by atoms with van der Waals surface area (Å²) in [6.45, 7) is 2.14. The lowest BCUT2D eigenvalue weighted by Gasteiger charge is -2.14. The van der Waals surface area contributed by atoms with Crippen LogP contribution in [0.2, 0.25) is 0 Å². The summed E-state index contributed by atoms with van der Waals surface area (Å²) >= 11 is 0. The Morgan fingerprint density at radius 1 is 1.44 bits per heavy atom. The van der Waals surface area contributed by atoms with Crippen LogP contribution < -0.4 is 5.56 Å². The number of hydrogen-bond donors (Lipinski definition) is 1. The highest BCUT2D eigenvalue weighted by Gasteiger charge is 2.20. The van der Waals surface area contributed by atoms with Crippen LogP contribution in [0.15, 0.2) is 35.3 Å². The van der Waals surface area contributed by atoms with Crippen molar-refractivity contribution in [1.82, 2.24) is 14.3 Å². The van der Waals surface area contributed by atoms with Gasteiger partial charge in [0.05, 0.1) is 11.8 Å². The maximum Gasteiger partial charge on any atom is 0.258 e. The van der Waals surface area contributed by atoms with Crippen LogP contribution in [0.3, 0.4) is 0 Å². The molecule has 3 heterocycles. The van der Waals surface area contributed by atoms with E-state index in [0.29, 0.717) is 18.7 Å². The maximum atomic E-state index is 11.9. The van der Waals surface area contributed by atoms with Gasteiger partial charge in [-0.15, -0.1) is 0 Å². The van der Waals surface area contributed by atoms with Gasteiger partial charge in [0.1, 0.15) is 5.65 Å². The van der Waals surface area contributed by atoms with Crippen LogP contribution in [0, 0.1) is 0 Å². The molecule has 0 bridgehead atoms. The molecular weight excluding hydrogens is 230 g/mol. The molecule has 0 saturated carbocycles. The highest BCUT2D eigenvalue weighted by Crippen LogP contribution is 2.11. The summed E-state index contributed by atoms with van der Waals surface area (Å²) in [6, 6.07) is 7.07. The molecule has 0 unspecified atom stereocenters. The predicted molar refractivity (Wildman–Crippen MR) is 67.4 cm³/mol. The molecule has 0 amide bonds. The molecule has 0 spiro atoms. The molecule has 5 nitrogen and oxygen atoms in total. The largest absolute Gasteiger partial charge is 0.392 e. The van der Waals surface area contributed by atoms with Crippen LogP contribution in [0.4, 0.5) is 0 Å². The van der Waals surface area contributed by atoms with Gasteiger partial charge in [0.25, 0.3) is 5.56 Å². The van der Waals surface area contributed by atoms with E-state index in [1.54, 1.807) is 12.3 Å². The number of likely N-dealkylation sites (tertiary alicyclic amines) is 1. The number of fused-ring (bicyclic) bond motifs is 1. The lowest BCUT2D eigenvalue weighted by molar-refractivity contribution is 0.174. The molecule has 1 fully saturated rings. The summed E-state index contributed by atoms with van der Waals surface area (Å²) in [7, 11) is 0. The second-order valence-corrected chi connectivity index (χ2v) is 4.69. The fraction of sp³-hybridized carbons (Fsp3) is 0.385. The van der Waals surface area contributed by atoms with Crippen LogP contribution >= 0.6 is 0 Å². The van der Waals surface area contributed by atoms with E-state index in [-0.39, 0.29) is 11.7 Å². The SMILES string of the molecule is O=c1cc(CN2CC[C@H](O)C2)nc2ccccn12. The maximum absolute atomic E-state index is 11.9. The molecule has 2 aromatic heterocycles. The summed E-state index contributed by atoms with van der Waals surface area (Å²) in [6.07, 6.45) is 2.27. The molecule has 1 atom stereocenters. The third-order valence-corrected chi connectivity index (χ3v) is 3.26. The lowest BCUT2D eigenvalue weighted by atomic mass is 10.3. The highest BCUT2D eigenvalue weighted by atomic mass is 16.3. The van der Waals surface area contributed by atoms with Gasteiger partial charge in [-0.25, -0.2) is 4.98 Å². The average molecular weight is 245 g/mol. The highest BCUT2D eigenvalue weighted by molar-refractivity contribution is 5.37. The summed E-state index contributed by atoms with van der Waals surface area (Å²) in [4.78, 5) is 18.5. The third kappa shape index (κ3) is 2.14. The molecule has 0 aromatic carbocycles. The second kappa shape index (κ2) is 4.51. The Morgan fingerprint density at radius 2 is 2.33 bits per heavy atom. The quantitative estimate of drug-likeness (QED) is 0.824. The third-order valence-electron chi connectivity index (χ3n) is 3.26. The molecule has 1 aliphatic heterocycles. The van der Waals surface area contributed by atoms with Gasteiger partial charge in [-0.1, -0.05) is 6.07 Å². The van der Waals surface area contributed by atoms with Crippen molar-refractivity contribution < 1.29 is 5.11 Å². The molecule has 18 heavy (non-hydrogen) atoms. The van der Waals surface area contributed by atoms with E-state index in [9.17, 15) is 9.90 Å². The number of pyridine rings is 1. The van der Waals surface area contributed by atoms with Gasteiger partial charge >= 0.3 is 0 Å². The summed E-state index contributed by atoms with van der Waals surface area (Å²) in [5, 5.41) is 9.48. The van der Waals surface area contributed by atoms with Crippen molar-refractivity contribution in [2.75, 3.05) is 13.1 Å². The van der Waals surface area contributed by atoms with Crippen molar-refractivity contribution in [3.8, 4) is 0 Å². The Bertz CT molecular complexity index is 623. The number of aliphatic hydroxyl groups is 1. The van der Waals surface area contributed by atoms with Gasteiger partial charge in [0.15, 0.2) is 0 Å². The minimum Gasteiger partial charge on any atom is -0.392 e. The Labute approximate surface area is 104 Å². The van der Waals surface area contributed by atoms with Gasteiger partial charge in [-0.3, -0.25) is 14.1 Å². The zero-order valence-electron chi connectivity index (χ0n) is 9.99. The van der Waals surface area contributed by atoms with E-state index in [1.807, 2.05) is 18.2 Å². The summed E-state index contributed by atoms with van der Waals surface area (Å²) in [5.41, 5.74) is 1.37. The van der Waals surface area contributed by atoms with Crippen molar-refractivity contribution in [2.45, 2.75) is 19.1 Å². The van der Waals surface area contributed by atoms with Gasteiger partial charge < -0.3 is 5.11 Å². The number of hydrogen-bond acceptors (Lipinski definition) is 4. The Kier molecular flexibility index (Phi) is 2.85. The first-order valence-electron chi connectivity index (χ1n) is 6.10. The van der Waals surface area contributed by atoms with Crippen molar-refractivity contribution in [3.05, 3.63) is 46.5 Å². The van der Waals surface area contributed by atoms with Gasteiger partial charge in [-0.05, 0) is 18.6 Å². The number of rotatable bonds is 2. The Morgan fingerprint density at radius 3 is 3.11 bits per heavy atom. The first-order valence-corrected chi connectivity index (χ1v) is 6.10. The molecule has 0 aliphatic carbocycles. The van der Waals surface area contributed by atoms with Crippen LogP contribution in [-0.4, -0.2) is 38.6 Å². The first kappa shape index (κ1) is 11.4. The second-order valence-electron chi connectivity index (χ2n) is 4.69. The van der Waals surface area contributed by atoms with E-state index in [2.05, 4.69) is 9.88 Å². The van der Waals surface area contributed by atoms with Crippen LogP contribution in [-0.2, 0) is 6.54 Å². The van der Waals surface area contributed by atoms with E-state index in [4.69, 9.17) is 0 Å². The fourth-order valence-electron chi connectivity index (χ4n) is 2.37. The molecule has 5 heteroatoms. The first-order chi connectivity index (χ1) is 8.72. The zero-order chi connectivity index (χ0) is 12.5. The summed E-state index contributed by atoms with van der Waals surface area (Å²) in [5.74, 6) is 0. The van der Waals surface area contributed by atoms with E-state index in [1.165, 1.54) is 4.40 Å². The normalized spacial score (nSPS) is 20.6. The minimum atomic E-state index is -0.244. The number of aliphatic hydroxyl groups excluding tert-OH is 1. The number of β-amino-alcohol motifs (C(OH)–C–C–N with tert-alkyl or cyclic N) is 1. The number of nitrogens with zero attached hydrogens (tertiary/aromatic N) is 3. The van der Waals surface area contributed by atoms with Crippen LogP contribution in [0.5, 0.6) is 0 Å². The molecule has 2 aromatic rings. The van der Waals surface area contributed by atoms with Crippen molar-refractivity contribution in [3.63, 3.8) is 0 Å². The van der Waals surface area contributed by atoms with Crippen molar-refractivity contribution in [2.24, 2.45) is 0 Å². The topological polar surface area (TPSA) is 57.8 Å². The summed E-state index contributed by atoms with van der Waals surface area (Å²) < 4.78 is 1.53. The standard InChI is InChI=1S/C13H15N3O2/c17-11-4-6-15(9-11)8-10-7-13(18)16-5-2-1-3-12(16)14-10/h1-3,5,7,11,17H,4,6,8-9H2/t11-/m0/s1. The van der Waals surface area contributed by atoms with Crippen molar-refractivity contribution >= 4 is 5.65 Å². The molecule has 0 radical (unpaired) electrons. The lowest BCUT2D eigenvalue weighted by Crippen LogP contribution is -2.24. The average Bonchev–Trinajstić information content (AvgIpc) is 2.75. The van der Waals surface area contributed by atoms with Crippen molar-refractivity contribution in [1.29, 1.82) is 0 Å². The smallest absolute Gasteiger partial charge is 0.258 e. The minimum absolute atomic E-state index is 0.0599. The molecule has 1 saturated heterocycles. The Hall–Kier alpha value is -1.72. The van der Waals surface area contributed by atoms with E-state index < -0.39 is 0 Å². The van der Waals surface area contributed by atoms with E-state index in [0.717, 1.165) is 18.7 Å². The zero-order valence-corrected chi connectivity index (χ0v) is 9.99. The predicted octanol–water partition coefficient (Wildman–Crippen LogP) is 0.261. The molecule has 3 rings (SSSR count). The van der Waals surface area contributed by atoms with Crippen LogP contribution in [0.1, 0.15) is 12.1 Å². The van der Waals surface area contributed by atoms with Gasteiger partial charge in [-0.2, -0.15) is 0 Å². The van der Waals surface area contributed by atoms with Crippen LogP contribution in [0.25, 0.3) is 5.65 Å². The fourth-order valence-corrected chi connectivity index (χ4v) is 2.37. The molecular formula is C13H15N3O2. The number of aromatic nitrogens is 2. The van der Waals surface area contributed by atoms with Gasteiger partial charge in [0.2, 0.25) is 0 Å². The molecule has 1 aliphatic rings. The Balaban J connectivity index is 1.91. The molecule has 94 valence electrons. The van der Waals surface area contributed by atoms with E-state index >= 15 is 0 Å².